The number of hydrogen-bond donors (Lipinski definition) is 2. The lowest BCUT2D eigenvalue weighted by Gasteiger charge is -2.20. The van der Waals surface area contributed by atoms with Crippen LogP contribution >= 0.6 is 0 Å². The van der Waals surface area contributed by atoms with Crippen molar-refractivity contribution in [3.8, 4) is 5.75 Å². The van der Waals surface area contributed by atoms with Gasteiger partial charge in [0.1, 0.15) is 11.9 Å². The number of rotatable bonds is 7. The van der Waals surface area contributed by atoms with E-state index in [4.69, 9.17) is 9.47 Å². The van der Waals surface area contributed by atoms with E-state index in [-0.39, 0.29) is 12.5 Å². The zero-order valence-corrected chi connectivity index (χ0v) is 17.9. The Morgan fingerprint density at radius 2 is 1.90 bits per heavy atom. The average molecular weight is 425 g/mol. The quantitative estimate of drug-likeness (QED) is 0.665. The van der Waals surface area contributed by atoms with E-state index in [0.29, 0.717) is 24.4 Å². The Morgan fingerprint density at radius 3 is 2.58 bits per heavy atom. The number of hydrogen-bond acceptors (Lipinski definition) is 5. The van der Waals surface area contributed by atoms with Gasteiger partial charge in [0.25, 0.3) is 0 Å². The number of carbonyl (C=O) groups excluding carboxylic acids is 3. The molecule has 0 saturated carbocycles. The summed E-state index contributed by atoms with van der Waals surface area (Å²) in [6, 6.07) is 12.6. The number of amides is 3. The van der Waals surface area contributed by atoms with Gasteiger partial charge in [-0.05, 0) is 37.1 Å². The molecule has 164 valence electrons. The molecule has 1 heterocycles. The number of carbonyl (C=O) groups is 3. The first-order valence-electron chi connectivity index (χ1n) is 10.1. The first-order chi connectivity index (χ1) is 14.9. The Morgan fingerprint density at radius 1 is 1.13 bits per heavy atom. The van der Waals surface area contributed by atoms with Crippen molar-refractivity contribution in [2.24, 2.45) is 0 Å². The minimum absolute atomic E-state index is 0.0614. The van der Waals surface area contributed by atoms with E-state index in [0.717, 1.165) is 23.2 Å². The highest BCUT2D eigenvalue weighted by Gasteiger charge is 2.24. The third-order valence-electron chi connectivity index (χ3n) is 5.26. The molecule has 0 spiro atoms. The summed E-state index contributed by atoms with van der Waals surface area (Å²) >= 11 is 0. The van der Waals surface area contributed by atoms with Crippen molar-refractivity contribution in [2.45, 2.75) is 25.9 Å². The maximum Gasteiger partial charge on any atom is 0.313 e. The van der Waals surface area contributed by atoms with Crippen LogP contribution in [0.4, 0.5) is 11.4 Å². The molecule has 0 radical (unpaired) electrons. The molecule has 0 aliphatic carbocycles. The van der Waals surface area contributed by atoms with Gasteiger partial charge in [-0.15, -0.1) is 0 Å². The maximum absolute atomic E-state index is 12.4. The number of methoxy groups -OCH3 is 2. The van der Waals surface area contributed by atoms with Crippen molar-refractivity contribution < 1.29 is 23.9 Å². The third-order valence-corrected chi connectivity index (χ3v) is 5.26. The molecule has 2 aromatic rings. The van der Waals surface area contributed by atoms with Crippen LogP contribution in [0.1, 0.15) is 30.1 Å². The van der Waals surface area contributed by atoms with Gasteiger partial charge in [0.2, 0.25) is 5.91 Å². The second-order valence-electron chi connectivity index (χ2n) is 7.28. The molecule has 0 aromatic heterocycles. The van der Waals surface area contributed by atoms with Crippen LogP contribution in [0.25, 0.3) is 0 Å². The Kier molecular flexibility index (Phi) is 7.25. The minimum Gasteiger partial charge on any atom is -0.496 e. The van der Waals surface area contributed by atoms with Crippen LogP contribution in [-0.4, -0.2) is 45.0 Å². The molecule has 3 amide bonds. The first kappa shape index (κ1) is 22.3. The number of nitrogens with zero attached hydrogens (tertiary/aromatic N) is 1. The molecule has 1 aliphatic heterocycles. The van der Waals surface area contributed by atoms with E-state index in [1.165, 1.54) is 7.11 Å². The van der Waals surface area contributed by atoms with Gasteiger partial charge in [0.15, 0.2) is 0 Å². The zero-order chi connectivity index (χ0) is 22.4. The molecule has 1 fully saturated rings. The largest absolute Gasteiger partial charge is 0.496 e. The summed E-state index contributed by atoms with van der Waals surface area (Å²) in [5.41, 5.74) is 2.90. The van der Waals surface area contributed by atoms with Crippen molar-refractivity contribution in [1.82, 2.24) is 5.32 Å². The van der Waals surface area contributed by atoms with Gasteiger partial charge >= 0.3 is 11.8 Å². The Bertz CT molecular complexity index is 975. The summed E-state index contributed by atoms with van der Waals surface area (Å²) in [5.74, 6) is -0.878. The van der Waals surface area contributed by atoms with E-state index < -0.39 is 17.9 Å². The highest BCUT2D eigenvalue weighted by atomic mass is 16.5. The van der Waals surface area contributed by atoms with E-state index in [9.17, 15) is 14.4 Å². The summed E-state index contributed by atoms with van der Waals surface area (Å²) in [7, 11) is 3.08. The third kappa shape index (κ3) is 5.21. The Balaban J connectivity index is 1.63. The summed E-state index contributed by atoms with van der Waals surface area (Å²) in [4.78, 5) is 38.5. The lowest BCUT2D eigenvalue weighted by atomic mass is 10.1. The van der Waals surface area contributed by atoms with E-state index in [1.807, 2.05) is 31.2 Å². The first-order valence-corrected chi connectivity index (χ1v) is 10.1. The molecule has 31 heavy (non-hydrogen) atoms. The number of benzene rings is 2. The fourth-order valence-corrected chi connectivity index (χ4v) is 3.59. The van der Waals surface area contributed by atoms with Crippen molar-refractivity contribution in [2.75, 3.05) is 37.5 Å². The van der Waals surface area contributed by atoms with Crippen LogP contribution in [0.15, 0.2) is 42.5 Å². The molecular formula is C23H27N3O5. The minimum atomic E-state index is -0.794. The molecule has 0 bridgehead atoms. The van der Waals surface area contributed by atoms with Crippen LogP contribution in [0.2, 0.25) is 0 Å². The van der Waals surface area contributed by atoms with Crippen LogP contribution in [0.5, 0.6) is 5.75 Å². The average Bonchev–Trinajstić information content (AvgIpc) is 3.21. The summed E-state index contributed by atoms with van der Waals surface area (Å²) in [5, 5.41) is 5.19. The standard InChI is InChI=1S/C23H27N3O5/c1-15-10-11-16(13-18(15)26-12-6-9-21(26)27)25-23(29)22(28)24-14-20(31-3)17-7-4-5-8-19(17)30-2/h4-5,7-8,10-11,13,20H,6,9,12,14H2,1-3H3,(H,24,28)(H,25,29)/t20-/m0/s1. The second-order valence-corrected chi connectivity index (χ2v) is 7.28. The number of ether oxygens (including phenoxy) is 2. The number of nitrogens with one attached hydrogen (secondary N) is 2. The van der Waals surface area contributed by atoms with Crippen molar-refractivity contribution >= 4 is 29.1 Å². The fraction of sp³-hybridized carbons (Fsp3) is 0.348. The molecule has 3 rings (SSSR count). The Hall–Kier alpha value is -3.39. The smallest absolute Gasteiger partial charge is 0.313 e. The molecule has 0 unspecified atom stereocenters. The predicted molar refractivity (Wildman–Crippen MR) is 117 cm³/mol. The highest BCUT2D eigenvalue weighted by molar-refractivity contribution is 6.39. The van der Waals surface area contributed by atoms with Crippen molar-refractivity contribution in [3.05, 3.63) is 53.6 Å². The summed E-state index contributed by atoms with van der Waals surface area (Å²) in [6.07, 6.45) is 0.857. The fourth-order valence-electron chi connectivity index (χ4n) is 3.59. The molecule has 2 aromatic carbocycles. The van der Waals surface area contributed by atoms with E-state index in [1.54, 1.807) is 30.2 Å². The molecule has 1 aliphatic rings. The SMILES string of the molecule is COc1ccccc1[C@H](CNC(=O)C(=O)Nc1ccc(C)c(N2CCCC2=O)c1)OC. The van der Waals surface area contributed by atoms with Gasteiger partial charge in [0.05, 0.1) is 7.11 Å². The molecule has 2 N–H and O–H groups in total. The predicted octanol–water partition coefficient (Wildman–Crippen LogP) is 2.57. The maximum atomic E-state index is 12.4. The summed E-state index contributed by atoms with van der Waals surface area (Å²) in [6.45, 7) is 2.66. The topological polar surface area (TPSA) is 97.0 Å². The number of anilines is 2. The molecular weight excluding hydrogens is 398 g/mol. The van der Waals surface area contributed by atoms with Crippen molar-refractivity contribution in [1.29, 1.82) is 0 Å². The van der Waals surface area contributed by atoms with Gasteiger partial charge in [-0.3, -0.25) is 14.4 Å². The highest BCUT2D eigenvalue weighted by Crippen LogP contribution is 2.28. The molecule has 8 nitrogen and oxygen atoms in total. The van der Waals surface area contributed by atoms with E-state index in [2.05, 4.69) is 10.6 Å². The lowest BCUT2D eigenvalue weighted by Crippen LogP contribution is -2.38. The number of aryl methyl sites for hydroxylation is 1. The monoisotopic (exact) mass is 425 g/mol. The van der Waals surface area contributed by atoms with Gasteiger partial charge in [0, 0.05) is 43.6 Å². The Labute approximate surface area is 181 Å². The molecule has 1 saturated heterocycles. The summed E-state index contributed by atoms with van der Waals surface area (Å²) < 4.78 is 10.8. The number of para-hydroxylation sites is 1. The van der Waals surface area contributed by atoms with Gasteiger partial charge in [-0.1, -0.05) is 24.3 Å². The second kappa shape index (κ2) is 10.1. The van der Waals surface area contributed by atoms with Crippen LogP contribution in [0, 0.1) is 6.92 Å². The van der Waals surface area contributed by atoms with Crippen LogP contribution in [-0.2, 0) is 19.1 Å². The van der Waals surface area contributed by atoms with Crippen LogP contribution in [0.3, 0.4) is 0 Å². The zero-order valence-electron chi connectivity index (χ0n) is 17.9. The van der Waals surface area contributed by atoms with Crippen LogP contribution < -0.4 is 20.3 Å². The normalized spacial score (nSPS) is 14.3. The van der Waals surface area contributed by atoms with Gasteiger partial charge in [-0.25, -0.2) is 0 Å². The van der Waals surface area contributed by atoms with Gasteiger partial charge in [-0.2, -0.15) is 0 Å². The van der Waals surface area contributed by atoms with E-state index >= 15 is 0 Å². The molecule has 8 heteroatoms. The van der Waals surface area contributed by atoms with Gasteiger partial charge < -0.3 is 25.0 Å². The van der Waals surface area contributed by atoms with Crippen molar-refractivity contribution in [3.63, 3.8) is 0 Å². The molecule has 1 atom stereocenters. The lowest BCUT2D eigenvalue weighted by molar-refractivity contribution is -0.136.